The van der Waals surface area contributed by atoms with Crippen molar-refractivity contribution in [3.8, 4) is 0 Å². The number of nitrogens with zero attached hydrogens (tertiary/aromatic N) is 1. The Morgan fingerprint density at radius 1 is 1.50 bits per heavy atom. The lowest BCUT2D eigenvalue weighted by Crippen LogP contribution is -2.51. The van der Waals surface area contributed by atoms with Gasteiger partial charge in [0, 0.05) is 6.54 Å². The average Bonchev–Trinajstić information content (AvgIpc) is 2.84. The standard InChI is InChI=1S/C10H19BN2O3/c1-7-5-8(12-6-7)10(14)13-4-2-3-9(13)11(15)16/h7-9,12,15-16H,2-6H2,1H3/t7?,8-,9-/m0/s1. The van der Waals surface area contributed by atoms with Crippen molar-refractivity contribution in [3.63, 3.8) is 0 Å². The molecule has 3 N–H and O–H groups in total. The van der Waals surface area contributed by atoms with Crippen LogP contribution in [0.2, 0.25) is 0 Å². The van der Waals surface area contributed by atoms with Crippen molar-refractivity contribution >= 4 is 13.0 Å². The fraction of sp³-hybridized carbons (Fsp3) is 0.900. The van der Waals surface area contributed by atoms with E-state index in [4.69, 9.17) is 0 Å². The fourth-order valence-electron chi connectivity index (χ4n) is 2.68. The lowest BCUT2D eigenvalue weighted by molar-refractivity contribution is -0.133. The first kappa shape index (κ1) is 11.9. The molecule has 0 bridgehead atoms. The third kappa shape index (κ3) is 2.24. The van der Waals surface area contributed by atoms with Crippen molar-refractivity contribution in [1.82, 2.24) is 10.2 Å². The Bertz CT molecular complexity index is 275. The van der Waals surface area contributed by atoms with Crippen molar-refractivity contribution in [2.24, 2.45) is 5.92 Å². The first-order chi connectivity index (χ1) is 7.59. The first-order valence-corrected chi connectivity index (χ1v) is 5.99. The van der Waals surface area contributed by atoms with Crippen molar-refractivity contribution in [1.29, 1.82) is 0 Å². The minimum atomic E-state index is -1.41. The smallest absolute Gasteiger partial charge is 0.426 e. The van der Waals surface area contributed by atoms with Gasteiger partial charge in [-0.3, -0.25) is 4.79 Å². The van der Waals surface area contributed by atoms with Gasteiger partial charge >= 0.3 is 7.12 Å². The van der Waals surface area contributed by atoms with Gasteiger partial charge in [-0.15, -0.1) is 0 Å². The fourth-order valence-corrected chi connectivity index (χ4v) is 2.68. The van der Waals surface area contributed by atoms with Gasteiger partial charge in [-0.2, -0.15) is 0 Å². The molecular weight excluding hydrogens is 207 g/mol. The second-order valence-corrected chi connectivity index (χ2v) is 4.96. The molecule has 0 aromatic rings. The van der Waals surface area contributed by atoms with E-state index in [0.29, 0.717) is 18.9 Å². The Kier molecular flexibility index (Phi) is 3.52. The van der Waals surface area contributed by atoms with Crippen molar-refractivity contribution in [2.45, 2.75) is 38.2 Å². The van der Waals surface area contributed by atoms with Crippen LogP contribution in [0, 0.1) is 5.92 Å². The van der Waals surface area contributed by atoms with Crippen molar-refractivity contribution < 1.29 is 14.8 Å². The summed E-state index contributed by atoms with van der Waals surface area (Å²) >= 11 is 0. The van der Waals surface area contributed by atoms with Crippen LogP contribution in [0.5, 0.6) is 0 Å². The lowest BCUT2D eigenvalue weighted by Gasteiger charge is -2.26. The minimum absolute atomic E-state index is 0.0277. The number of likely N-dealkylation sites (tertiary alicyclic amines) is 1. The van der Waals surface area contributed by atoms with Crippen LogP contribution < -0.4 is 5.32 Å². The largest absolute Gasteiger partial charge is 0.475 e. The van der Waals surface area contributed by atoms with E-state index in [-0.39, 0.29) is 11.9 Å². The molecule has 6 heteroatoms. The summed E-state index contributed by atoms with van der Waals surface area (Å²) in [4.78, 5) is 13.8. The highest BCUT2D eigenvalue weighted by Gasteiger charge is 2.40. The van der Waals surface area contributed by atoms with E-state index < -0.39 is 13.1 Å². The third-order valence-electron chi connectivity index (χ3n) is 3.58. The molecule has 2 heterocycles. The van der Waals surface area contributed by atoms with Gasteiger partial charge in [0.15, 0.2) is 0 Å². The lowest BCUT2D eigenvalue weighted by atomic mass is 9.77. The molecule has 0 aromatic carbocycles. The van der Waals surface area contributed by atoms with Gasteiger partial charge in [-0.05, 0) is 31.7 Å². The molecule has 2 saturated heterocycles. The molecular formula is C10H19BN2O3. The summed E-state index contributed by atoms with van der Waals surface area (Å²) in [5.74, 6) is 0.138. The Morgan fingerprint density at radius 3 is 2.81 bits per heavy atom. The van der Waals surface area contributed by atoms with Crippen LogP contribution in [0.15, 0.2) is 0 Å². The quantitative estimate of drug-likeness (QED) is 0.527. The molecule has 0 radical (unpaired) electrons. The van der Waals surface area contributed by atoms with Crippen LogP contribution >= 0.6 is 0 Å². The normalized spacial score (nSPS) is 34.4. The van der Waals surface area contributed by atoms with Crippen LogP contribution in [0.3, 0.4) is 0 Å². The molecule has 2 aliphatic rings. The molecule has 3 atom stereocenters. The highest BCUT2D eigenvalue weighted by atomic mass is 16.4. The van der Waals surface area contributed by atoms with Gasteiger partial charge in [0.25, 0.3) is 0 Å². The number of rotatable bonds is 2. The van der Waals surface area contributed by atoms with Gasteiger partial charge < -0.3 is 20.3 Å². The van der Waals surface area contributed by atoms with Gasteiger partial charge in [-0.1, -0.05) is 6.92 Å². The maximum Gasteiger partial charge on any atom is 0.475 e. The molecule has 1 amide bonds. The summed E-state index contributed by atoms with van der Waals surface area (Å²) in [6.45, 7) is 3.63. The Hall–Kier alpha value is -0.585. The zero-order valence-corrected chi connectivity index (χ0v) is 9.59. The van der Waals surface area contributed by atoms with Gasteiger partial charge in [0.2, 0.25) is 5.91 Å². The van der Waals surface area contributed by atoms with E-state index >= 15 is 0 Å². The molecule has 1 unspecified atom stereocenters. The number of hydrogen-bond donors (Lipinski definition) is 3. The van der Waals surface area contributed by atoms with Crippen LogP contribution in [0.4, 0.5) is 0 Å². The summed E-state index contributed by atoms with van der Waals surface area (Å²) in [6.07, 6.45) is 2.39. The molecule has 0 spiro atoms. The molecule has 90 valence electrons. The van der Waals surface area contributed by atoms with Crippen LogP contribution in [-0.4, -0.2) is 53.0 Å². The molecule has 5 nitrogen and oxygen atoms in total. The predicted octanol–water partition coefficient (Wildman–Crippen LogP) is -1.01. The second kappa shape index (κ2) is 4.73. The van der Waals surface area contributed by atoms with Crippen molar-refractivity contribution in [3.05, 3.63) is 0 Å². The molecule has 2 rings (SSSR count). The van der Waals surface area contributed by atoms with E-state index in [1.54, 1.807) is 4.90 Å². The zero-order chi connectivity index (χ0) is 11.7. The Balaban J connectivity index is 1.98. The van der Waals surface area contributed by atoms with Crippen LogP contribution in [0.1, 0.15) is 26.2 Å². The summed E-state index contributed by atoms with van der Waals surface area (Å²) in [5.41, 5.74) is 0. The highest BCUT2D eigenvalue weighted by Crippen LogP contribution is 2.22. The molecule has 2 aliphatic heterocycles. The van der Waals surface area contributed by atoms with E-state index in [1.165, 1.54) is 0 Å². The first-order valence-electron chi connectivity index (χ1n) is 5.99. The van der Waals surface area contributed by atoms with E-state index in [9.17, 15) is 14.8 Å². The number of hydrogen-bond acceptors (Lipinski definition) is 4. The van der Waals surface area contributed by atoms with Crippen LogP contribution in [-0.2, 0) is 4.79 Å². The van der Waals surface area contributed by atoms with Crippen LogP contribution in [0.25, 0.3) is 0 Å². The Labute approximate surface area is 96.0 Å². The number of amides is 1. The van der Waals surface area contributed by atoms with Crippen molar-refractivity contribution in [2.75, 3.05) is 13.1 Å². The number of carbonyl (C=O) groups is 1. The summed E-state index contributed by atoms with van der Waals surface area (Å²) in [6, 6.07) is -0.130. The maximum absolute atomic E-state index is 12.1. The predicted molar refractivity (Wildman–Crippen MR) is 60.5 cm³/mol. The van der Waals surface area contributed by atoms with Gasteiger partial charge in [-0.25, -0.2) is 0 Å². The number of carbonyl (C=O) groups excluding carboxylic acids is 1. The summed E-state index contributed by atoms with van der Waals surface area (Å²) < 4.78 is 0. The van der Waals surface area contributed by atoms with E-state index in [2.05, 4.69) is 12.2 Å². The topological polar surface area (TPSA) is 72.8 Å². The summed E-state index contributed by atoms with van der Waals surface area (Å²) in [5, 5.41) is 21.6. The molecule has 0 saturated carbocycles. The van der Waals surface area contributed by atoms with Gasteiger partial charge in [0.1, 0.15) is 0 Å². The summed E-state index contributed by atoms with van der Waals surface area (Å²) in [7, 11) is -1.41. The molecule has 16 heavy (non-hydrogen) atoms. The zero-order valence-electron chi connectivity index (χ0n) is 9.59. The second-order valence-electron chi connectivity index (χ2n) is 4.96. The van der Waals surface area contributed by atoms with Gasteiger partial charge in [0.05, 0.1) is 12.0 Å². The molecule has 2 fully saturated rings. The monoisotopic (exact) mass is 226 g/mol. The average molecular weight is 226 g/mol. The molecule has 0 aromatic heterocycles. The van der Waals surface area contributed by atoms with E-state index in [1.807, 2.05) is 0 Å². The van der Waals surface area contributed by atoms with E-state index in [0.717, 1.165) is 19.4 Å². The maximum atomic E-state index is 12.1. The highest BCUT2D eigenvalue weighted by molar-refractivity contribution is 6.43. The minimum Gasteiger partial charge on any atom is -0.426 e. The molecule has 0 aliphatic carbocycles. The SMILES string of the molecule is CC1CN[C@H](C(=O)N2CCC[C@H]2B(O)O)C1. The number of nitrogens with one attached hydrogen (secondary N) is 1. The third-order valence-corrected chi connectivity index (χ3v) is 3.58. The Morgan fingerprint density at radius 2 is 2.25 bits per heavy atom.